The van der Waals surface area contributed by atoms with E-state index in [0.29, 0.717) is 12.8 Å². The fourth-order valence-corrected chi connectivity index (χ4v) is 2.30. The molecule has 2 rings (SSSR count). The van der Waals surface area contributed by atoms with Gasteiger partial charge in [-0.05, 0) is 31.7 Å². The Balaban J connectivity index is 2.11. The van der Waals surface area contributed by atoms with Gasteiger partial charge in [0.05, 0.1) is 19.3 Å². The van der Waals surface area contributed by atoms with Crippen molar-refractivity contribution >= 4 is 5.97 Å². The topological polar surface area (TPSA) is 70.1 Å². The van der Waals surface area contributed by atoms with E-state index in [0.717, 1.165) is 12.0 Å². The molecule has 88 valence electrons. The Bertz CT molecular complexity index is 402. The number of hydrogen-bond donors (Lipinski definition) is 1. The Morgan fingerprint density at radius 3 is 3.06 bits per heavy atom. The Morgan fingerprint density at radius 1 is 1.75 bits per heavy atom. The Hall–Kier alpha value is -1.36. The van der Waals surface area contributed by atoms with Crippen LogP contribution in [0.3, 0.4) is 0 Å². The minimum atomic E-state index is -0.834. The highest BCUT2D eigenvalue weighted by Crippen LogP contribution is 2.36. The van der Waals surface area contributed by atoms with Crippen LogP contribution in [0.2, 0.25) is 0 Å². The van der Waals surface area contributed by atoms with Crippen molar-refractivity contribution in [1.82, 2.24) is 9.78 Å². The van der Waals surface area contributed by atoms with Gasteiger partial charge in [-0.25, -0.2) is 0 Å². The molecule has 2 unspecified atom stereocenters. The van der Waals surface area contributed by atoms with Crippen molar-refractivity contribution in [2.45, 2.75) is 37.8 Å². The van der Waals surface area contributed by atoms with Gasteiger partial charge >= 0.3 is 5.97 Å². The van der Waals surface area contributed by atoms with Crippen LogP contribution in [0.1, 0.15) is 30.9 Å². The van der Waals surface area contributed by atoms with Gasteiger partial charge in [0, 0.05) is 6.20 Å². The van der Waals surface area contributed by atoms with E-state index in [2.05, 4.69) is 5.10 Å². The first kappa shape index (κ1) is 11.1. The second kappa shape index (κ2) is 3.90. The minimum absolute atomic E-state index is 0.206. The number of carbonyl (C=O) groups excluding carboxylic acids is 1. The molecule has 5 nitrogen and oxygen atoms in total. The van der Waals surface area contributed by atoms with E-state index in [1.165, 1.54) is 7.11 Å². The third-order valence-electron chi connectivity index (χ3n) is 3.22. The van der Waals surface area contributed by atoms with E-state index in [9.17, 15) is 4.79 Å². The third-order valence-corrected chi connectivity index (χ3v) is 3.22. The lowest BCUT2D eigenvalue weighted by Gasteiger charge is -2.20. The van der Waals surface area contributed by atoms with E-state index >= 15 is 0 Å². The quantitative estimate of drug-likeness (QED) is 0.752. The third kappa shape index (κ3) is 1.82. The summed E-state index contributed by atoms with van der Waals surface area (Å²) >= 11 is 0. The molecule has 5 heteroatoms. The molecule has 0 bridgehead atoms. The molecule has 0 amide bonds. The van der Waals surface area contributed by atoms with Crippen LogP contribution in [0.25, 0.3) is 0 Å². The van der Waals surface area contributed by atoms with Crippen LogP contribution >= 0.6 is 0 Å². The highest BCUT2D eigenvalue weighted by atomic mass is 16.5. The molecular formula is C11H17N3O2. The van der Waals surface area contributed by atoms with E-state index in [4.69, 9.17) is 10.5 Å². The van der Waals surface area contributed by atoms with E-state index in [1.54, 1.807) is 0 Å². The number of hydrogen-bond acceptors (Lipinski definition) is 4. The molecule has 0 aromatic carbocycles. The lowest BCUT2D eigenvalue weighted by atomic mass is 9.99. The van der Waals surface area contributed by atoms with Gasteiger partial charge in [-0.15, -0.1) is 0 Å². The smallest absolute Gasteiger partial charge is 0.325 e. The zero-order valence-electron chi connectivity index (χ0n) is 9.64. The first-order valence-electron chi connectivity index (χ1n) is 5.43. The summed E-state index contributed by atoms with van der Waals surface area (Å²) in [5.74, 6) is -0.320. The highest BCUT2D eigenvalue weighted by molar-refractivity contribution is 5.80. The number of carbonyl (C=O) groups is 1. The summed E-state index contributed by atoms with van der Waals surface area (Å²) < 4.78 is 6.63. The summed E-state index contributed by atoms with van der Waals surface area (Å²) in [6.45, 7) is 1.99. The monoisotopic (exact) mass is 223 g/mol. The number of nitrogens with zero attached hydrogens (tertiary/aromatic N) is 2. The molecule has 16 heavy (non-hydrogen) atoms. The van der Waals surface area contributed by atoms with Crippen LogP contribution < -0.4 is 5.73 Å². The molecule has 0 radical (unpaired) electrons. The largest absolute Gasteiger partial charge is 0.468 e. The van der Waals surface area contributed by atoms with Crippen LogP contribution in [0.4, 0.5) is 0 Å². The van der Waals surface area contributed by atoms with Crippen molar-refractivity contribution in [1.29, 1.82) is 0 Å². The molecule has 1 aromatic heterocycles. The molecule has 2 N–H and O–H groups in total. The minimum Gasteiger partial charge on any atom is -0.468 e. The number of rotatable bonds is 2. The van der Waals surface area contributed by atoms with Gasteiger partial charge in [-0.2, -0.15) is 5.10 Å². The maximum atomic E-state index is 11.5. The van der Waals surface area contributed by atoms with Crippen LogP contribution in [0.5, 0.6) is 0 Å². The van der Waals surface area contributed by atoms with Gasteiger partial charge in [0.2, 0.25) is 0 Å². The van der Waals surface area contributed by atoms with Gasteiger partial charge in [-0.1, -0.05) is 0 Å². The van der Waals surface area contributed by atoms with Crippen molar-refractivity contribution in [3.8, 4) is 0 Å². The SMILES string of the molecule is COC(=O)C1(N)CCC(n2cc(C)cn2)C1. The Morgan fingerprint density at radius 2 is 2.50 bits per heavy atom. The van der Waals surface area contributed by atoms with E-state index < -0.39 is 5.54 Å². The van der Waals surface area contributed by atoms with Crippen LogP contribution in [0.15, 0.2) is 12.4 Å². The van der Waals surface area contributed by atoms with Crippen molar-refractivity contribution < 1.29 is 9.53 Å². The summed E-state index contributed by atoms with van der Waals surface area (Å²) in [5.41, 5.74) is 6.32. The molecule has 0 saturated heterocycles. The predicted molar refractivity (Wildman–Crippen MR) is 58.8 cm³/mol. The zero-order chi connectivity index (χ0) is 11.8. The van der Waals surface area contributed by atoms with Gasteiger partial charge < -0.3 is 10.5 Å². The second-order valence-corrected chi connectivity index (χ2v) is 4.54. The predicted octanol–water partition coefficient (Wildman–Crippen LogP) is 0.787. The van der Waals surface area contributed by atoms with Gasteiger partial charge in [0.15, 0.2) is 0 Å². The number of nitrogens with two attached hydrogens (primary N) is 1. The second-order valence-electron chi connectivity index (χ2n) is 4.54. The molecule has 1 saturated carbocycles. The average molecular weight is 223 g/mol. The number of esters is 1. The maximum absolute atomic E-state index is 11.5. The summed E-state index contributed by atoms with van der Waals surface area (Å²) in [7, 11) is 1.38. The van der Waals surface area contributed by atoms with Crippen molar-refractivity contribution in [3.63, 3.8) is 0 Å². The normalized spacial score (nSPS) is 29.3. The molecule has 0 spiro atoms. The van der Waals surface area contributed by atoms with Gasteiger partial charge in [0.1, 0.15) is 5.54 Å². The molecular weight excluding hydrogens is 206 g/mol. The number of methoxy groups -OCH3 is 1. The molecule has 2 atom stereocenters. The fraction of sp³-hybridized carbons (Fsp3) is 0.636. The lowest BCUT2D eigenvalue weighted by molar-refractivity contribution is -0.146. The number of aryl methyl sites for hydroxylation is 1. The molecule has 1 aliphatic carbocycles. The number of aromatic nitrogens is 2. The molecule has 0 aliphatic heterocycles. The molecule has 1 aliphatic rings. The van der Waals surface area contributed by atoms with E-state index in [-0.39, 0.29) is 12.0 Å². The highest BCUT2D eigenvalue weighted by Gasteiger charge is 2.43. The number of ether oxygens (including phenoxy) is 1. The van der Waals surface area contributed by atoms with Gasteiger partial charge in [0.25, 0.3) is 0 Å². The average Bonchev–Trinajstić information content (AvgIpc) is 2.84. The lowest BCUT2D eigenvalue weighted by Crippen LogP contribution is -2.46. The van der Waals surface area contributed by atoms with Crippen LogP contribution in [0, 0.1) is 6.92 Å². The van der Waals surface area contributed by atoms with Gasteiger partial charge in [-0.3, -0.25) is 9.48 Å². The van der Waals surface area contributed by atoms with Crippen molar-refractivity contribution in [2.75, 3.05) is 7.11 Å². The summed E-state index contributed by atoms with van der Waals surface area (Å²) in [4.78, 5) is 11.5. The van der Waals surface area contributed by atoms with E-state index in [1.807, 2.05) is 24.0 Å². The van der Waals surface area contributed by atoms with Crippen molar-refractivity contribution in [3.05, 3.63) is 18.0 Å². The molecule has 1 fully saturated rings. The first-order chi connectivity index (χ1) is 7.55. The standard InChI is InChI=1S/C11H17N3O2/c1-8-6-13-14(7-8)9-3-4-11(12,5-9)10(15)16-2/h6-7,9H,3-5,12H2,1-2H3. The molecule has 1 heterocycles. The van der Waals surface area contributed by atoms with Crippen LogP contribution in [-0.4, -0.2) is 28.4 Å². The summed E-state index contributed by atoms with van der Waals surface area (Å²) in [6.07, 6.45) is 5.92. The molecule has 1 aromatic rings. The summed E-state index contributed by atoms with van der Waals surface area (Å²) in [5, 5.41) is 4.26. The Kier molecular flexibility index (Phi) is 2.71. The maximum Gasteiger partial charge on any atom is 0.325 e. The fourth-order valence-electron chi connectivity index (χ4n) is 2.30. The van der Waals surface area contributed by atoms with Crippen LogP contribution in [-0.2, 0) is 9.53 Å². The summed E-state index contributed by atoms with van der Waals surface area (Å²) in [6, 6.07) is 0.206. The first-order valence-corrected chi connectivity index (χ1v) is 5.43. The zero-order valence-corrected chi connectivity index (χ0v) is 9.64. The Labute approximate surface area is 94.6 Å². The van der Waals surface area contributed by atoms with Crippen molar-refractivity contribution in [2.24, 2.45) is 5.73 Å².